The smallest absolute Gasteiger partial charge is 0.273 e. The second-order valence-electron chi connectivity index (χ2n) is 4.51. The van der Waals surface area contributed by atoms with Gasteiger partial charge < -0.3 is 16.0 Å². The number of rotatable bonds is 4. The molecule has 0 aliphatic carbocycles. The Labute approximate surface area is 110 Å². The first-order chi connectivity index (χ1) is 9.06. The van der Waals surface area contributed by atoms with Crippen LogP contribution in [0, 0.1) is 10.1 Å². The fourth-order valence-corrected chi connectivity index (χ4v) is 2.10. The summed E-state index contributed by atoms with van der Waals surface area (Å²) in [5, 5.41) is 13.6. The van der Waals surface area contributed by atoms with Crippen molar-refractivity contribution in [2.45, 2.75) is 12.8 Å². The number of hydrogen-bond acceptors (Lipinski definition) is 5. The topological polar surface area (TPSA) is 102 Å². The van der Waals surface area contributed by atoms with Gasteiger partial charge in [0.2, 0.25) is 5.91 Å². The zero-order valence-electron chi connectivity index (χ0n) is 10.5. The van der Waals surface area contributed by atoms with Crippen LogP contribution in [-0.4, -0.2) is 35.4 Å². The van der Waals surface area contributed by atoms with Crippen LogP contribution in [0.15, 0.2) is 18.2 Å². The van der Waals surface area contributed by atoms with E-state index >= 15 is 0 Å². The third-order valence-corrected chi connectivity index (χ3v) is 3.05. The van der Waals surface area contributed by atoms with Crippen molar-refractivity contribution in [1.29, 1.82) is 0 Å². The molecule has 1 heterocycles. The second kappa shape index (κ2) is 5.55. The van der Waals surface area contributed by atoms with E-state index in [2.05, 4.69) is 5.32 Å². The lowest BCUT2D eigenvalue weighted by molar-refractivity contribution is -0.384. The van der Waals surface area contributed by atoms with E-state index in [-0.39, 0.29) is 18.1 Å². The van der Waals surface area contributed by atoms with Crippen LogP contribution >= 0.6 is 0 Å². The van der Waals surface area contributed by atoms with Crippen LogP contribution in [0.2, 0.25) is 0 Å². The number of hydrogen-bond donors (Lipinski definition) is 2. The summed E-state index contributed by atoms with van der Waals surface area (Å²) in [5.74, 6) is 0.00239. The maximum Gasteiger partial charge on any atom is 0.273 e. The van der Waals surface area contributed by atoms with Gasteiger partial charge in [0.15, 0.2) is 0 Å². The Kier molecular flexibility index (Phi) is 3.84. The Morgan fingerprint density at radius 1 is 1.37 bits per heavy atom. The highest BCUT2D eigenvalue weighted by Gasteiger charge is 2.17. The highest BCUT2D eigenvalue weighted by atomic mass is 16.6. The summed E-state index contributed by atoms with van der Waals surface area (Å²) >= 11 is 0. The van der Waals surface area contributed by atoms with E-state index in [1.54, 1.807) is 11.0 Å². The maximum absolute atomic E-state index is 11.8. The van der Waals surface area contributed by atoms with E-state index in [0.717, 1.165) is 25.9 Å². The zero-order valence-corrected chi connectivity index (χ0v) is 10.5. The summed E-state index contributed by atoms with van der Waals surface area (Å²) in [6.45, 7) is 1.70. The van der Waals surface area contributed by atoms with Crippen LogP contribution in [0.5, 0.6) is 0 Å². The number of nitro groups is 1. The molecule has 1 aliphatic rings. The second-order valence-corrected chi connectivity index (χ2v) is 4.51. The van der Waals surface area contributed by atoms with Gasteiger partial charge in [0.05, 0.1) is 11.5 Å². The number of anilines is 2. The molecule has 0 unspecified atom stereocenters. The summed E-state index contributed by atoms with van der Waals surface area (Å²) < 4.78 is 0. The van der Waals surface area contributed by atoms with Crippen LogP contribution < -0.4 is 11.1 Å². The number of nitrogens with zero attached hydrogens (tertiary/aromatic N) is 2. The zero-order chi connectivity index (χ0) is 13.8. The van der Waals surface area contributed by atoms with Crippen LogP contribution in [0.25, 0.3) is 0 Å². The molecule has 7 heteroatoms. The molecule has 1 aromatic rings. The van der Waals surface area contributed by atoms with E-state index in [1.165, 1.54) is 12.1 Å². The minimum atomic E-state index is -0.510. The van der Waals surface area contributed by atoms with Gasteiger partial charge in [-0.15, -0.1) is 0 Å². The van der Waals surface area contributed by atoms with Gasteiger partial charge in [-0.25, -0.2) is 0 Å². The summed E-state index contributed by atoms with van der Waals surface area (Å²) in [4.78, 5) is 23.8. The first-order valence-corrected chi connectivity index (χ1v) is 6.13. The van der Waals surface area contributed by atoms with Crippen molar-refractivity contribution in [2.24, 2.45) is 0 Å². The molecule has 2 rings (SSSR count). The maximum atomic E-state index is 11.8. The molecule has 7 nitrogen and oxygen atoms in total. The van der Waals surface area contributed by atoms with E-state index in [9.17, 15) is 14.9 Å². The molecule has 19 heavy (non-hydrogen) atoms. The van der Waals surface area contributed by atoms with E-state index < -0.39 is 4.92 Å². The number of likely N-dealkylation sites (tertiary alicyclic amines) is 1. The molecule has 0 atom stereocenters. The van der Waals surface area contributed by atoms with Crippen molar-refractivity contribution in [3.8, 4) is 0 Å². The van der Waals surface area contributed by atoms with E-state index in [4.69, 9.17) is 5.73 Å². The predicted octanol–water partition coefficient (Wildman–Crippen LogP) is 1.21. The molecule has 0 saturated carbocycles. The van der Waals surface area contributed by atoms with E-state index in [0.29, 0.717) is 11.4 Å². The van der Waals surface area contributed by atoms with E-state index in [1.807, 2.05) is 0 Å². The molecule has 102 valence electrons. The normalized spacial score (nSPS) is 14.4. The monoisotopic (exact) mass is 264 g/mol. The molecule has 1 aromatic carbocycles. The summed E-state index contributed by atoms with van der Waals surface area (Å²) in [7, 11) is 0. The number of benzene rings is 1. The average molecular weight is 264 g/mol. The van der Waals surface area contributed by atoms with Crippen molar-refractivity contribution in [3.63, 3.8) is 0 Å². The number of carbonyl (C=O) groups is 1. The highest BCUT2D eigenvalue weighted by Crippen LogP contribution is 2.22. The summed E-state index contributed by atoms with van der Waals surface area (Å²) in [5.41, 5.74) is 6.28. The fraction of sp³-hybridized carbons (Fsp3) is 0.417. The van der Waals surface area contributed by atoms with Gasteiger partial charge >= 0.3 is 0 Å². The Morgan fingerprint density at radius 3 is 2.68 bits per heavy atom. The van der Waals surface area contributed by atoms with Gasteiger partial charge in [-0.1, -0.05) is 0 Å². The lowest BCUT2D eigenvalue weighted by Crippen LogP contribution is -2.32. The third-order valence-electron chi connectivity index (χ3n) is 3.05. The lowest BCUT2D eigenvalue weighted by atomic mass is 10.2. The Bertz CT molecular complexity index is 498. The number of nitro benzene ring substituents is 1. The van der Waals surface area contributed by atoms with Crippen molar-refractivity contribution in [1.82, 2.24) is 4.90 Å². The first kappa shape index (κ1) is 13.1. The Hall–Kier alpha value is -2.31. The number of non-ortho nitro benzene ring substituents is 1. The van der Waals surface area contributed by atoms with Crippen LogP contribution in [0.3, 0.4) is 0 Å². The van der Waals surface area contributed by atoms with Crippen molar-refractivity contribution in [2.75, 3.05) is 30.7 Å². The minimum Gasteiger partial charge on any atom is -0.398 e. The number of nitrogen functional groups attached to an aromatic ring is 1. The highest BCUT2D eigenvalue weighted by molar-refractivity contribution is 5.81. The molecule has 0 aromatic heterocycles. The van der Waals surface area contributed by atoms with Crippen molar-refractivity contribution < 1.29 is 9.72 Å². The Balaban J connectivity index is 1.98. The van der Waals surface area contributed by atoms with Gasteiger partial charge in [0, 0.05) is 36.6 Å². The molecular weight excluding hydrogens is 248 g/mol. The lowest BCUT2D eigenvalue weighted by Gasteiger charge is -2.16. The fourth-order valence-electron chi connectivity index (χ4n) is 2.10. The van der Waals surface area contributed by atoms with Crippen LogP contribution in [-0.2, 0) is 4.79 Å². The van der Waals surface area contributed by atoms with Crippen LogP contribution in [0.4, 0.5) is 17.1 Å². The van der Waals surface area contributed by atoms with Gasteiger partial charge in [-0.3, -0.25) is 14.9 Å². The summed E-state index contributed by atoms with van der Waals surface area (Å²) in [6.07, 6.45) is 2.07. The van der Waals surface area contributed by atoms with Gasteiger partial charge in [-0.2, -0.15) is 0 Å². The van der Waals surface area contributed by atoms with Gasteiger partial charge in [-0.05, 0) is 18.9 Å². The largest absolute Gasteiger partial charge is 0.398 e. The molecule has 1 amide bonds. The number of nitrogens with one attached hydrogen (secondary N) is 1. The molecule has 3 N–H and O–H groups in total. The number of carbonyl (C=O) groups excluding carboxylic acids is 1. The number of nitrogens with two attached hydrogens (primary N) is 1. The third kappa shape index (κ3) is 3.34. The summed E-state index contributed by atoms with van der Waals surface area (Å²) in [6, 6.07) is 4.23. The first-order valence-electron chi connectivity index (χ1n) is 6.13. The molecular formula is C12H16N4O3. The minimum absolute atomic E-state index is 0.00239. The van der Waals surface area contributed by atoms with Crippen molar-refractivity contribution >= 4 is 23.0 Å². The quantitative estimate of drug-likeness (QED) is 0.483. The SMILES string of the molecule is Nc1cc(NCC(=O)N2CCCC2)cc([N+](=O)[O-])c1. The van der Waals surface area contributed by atoms with Crippen molar-refractivity contribution in [3.05, 3.63) is 28.3 Å². The standard InChI is InChI=1S/C12H16N4O3/c13-9-5-10(7-11(6-9)16(18)19)14-8-12(17)15-3-1-2-4-15/h5-7,14H,1-4,8,13H2. The molecule has 1 fully saturated rings. The van der Waals surface area contributed by atoms with Gasteiger partial charge in [0.1, 0.15) is 0 Å². The molecule has 0 radical (unpaired) electrons. The average Bonchev–Trinajstić information content (AvgIpc) is 2.89. The van der Waals surface area contributed by atoms with Crippen LogP contribution in [0.1, 0.15) is 12.8 Å². The molecule has 0 bridgehead atoms. The molecule has 1 aliphatic heterocycles. The molecule has 1 saturated heterocycles. The van der Waals surface area contributed by atoms with Gasteiger partial charge in [0.25, 0.3) is 5.69 Å². The predicted molar refractivity (Wildman–Crippen MR) is 71.8 cm³/mol. The number of amides is 1. The Morgan fingerprint density at radius 2 is 2.05 bits per heavy atom. The molecule has 0 spiro atoms.